The Bertz CT molecular complexity index is 369. The lowest BCUT2D eigenvalue weighted by Crippen LogP contribution is -2.39. The summed E-state index contributed by atoms with van der Waals surface area (Å²) in [5.41, 5.74) is 0.524. The quantitative estimate of drug-likeness (QED) is 0.766. The van der Waals surface area contributed by atoms with Gasteiger partial charge in [-0.25, -0.2) is 4.98 Å². The van der Waals surface area contributed by atoms with E-state index in [9.17, 15) is 5.11 Å². The highest BCUT2D eigenvalue weighted by molar-refractivity contribution is 5.30. The summed E-state index contributed by atoms with van der Waals surface area (Å²) in [7, 11) is 5.96. The fourth-order valence-electron chi connectivity index (χ4n) is 1.94. The van der Waals surface area contributed by atoms with Gasteiger partial charge in [0.25, 0.3) is 0 Å². The number of hydrogen-bond donors (Lipinski definition) is 2. The molecular weight excluding hydrogens is 228 g/mol. The first kappa shape index (κ1) is 15.0. The fourth-order valence-corrected chi connectivity index (χ4v) is 1.94. The summed E-state index contributed by atoms with van der Waals surface area (Å²) in [4.78, 5) is 6.34. The van der Waals surface area contributed by atoms with Crippen LogP contribution in [0.2, 0.25) is 0 Å². The predicted octanol–water partition coefficient (Wildman–Crippen LogP) is 1.13. The Morgan fingerprint density at radius 3 is 2.44 bits per heavy atom. The molecule has 0 aliphatic rings. The summed E-state index contributed by atoms with van der Waals surface area (Å²) in [5.74, 6) is 0.938. The molecule has 2 N–H and O–H groups in total. The standard InChI is InChI=1S/C13H26N4O/c1-6-13(18,7-2)10-14-8-11-9-15-12(16(3)4)17(11)5/h9,14,18H,6-8,10H2,1-5H3. The molecule has 0 saturated carbocycles. The number of aromatic nitrogens is 2. The predicted molar refractivity (Wildman–Crippen MR) is 74.8 cm³/mol. The highest BCUT2D eigenvalue weighted by Crippen LogP contribution is 2.14. The smallest absolute Gasteiger partial charge is 0.204 e. The molecule has 0 amide bonds. The molecule has 0 saturated heterocycles. The number of aliphatic hydroxyl groups is 1. The minimum Gasteiger partial charge on any atom is -0.389 e. The molecule has 18 heavy (non-hydrogen) atoms. The molecule has 0 aliphatic carbocycles. The molecule has 0 atom stereocenters. The molecule has 5 heteroatoms. The van der Waals surface area contributed by atoms with Crippen LogP contribution in [0.1, 0.15) is 32.4 Å². The molecule has 0 spiro atoms. The van der Waals surface area contributed by atoms with Crippen molar-refractivity contribution in [2.24, 2.45) is 7.05 Å². The second kappa shape index (κ2) is 6.20. The Morgan fingerprint density at radius 2 is 2.00 bits per heavy atom. The summed E-state index contributed by atoms with van der Waals surface area (Å²) in [5, 5.41) is 13.5. The van der Waals surface area contributed by atoms with Gasteiger partial charge in [0.1, 0.15) is 0 Å². The normalized spacial score (nSPS) is 11.9. The fraction of sp³-hybridized carbons (Fsp3) is 0.769. The maximum Gasteiger partial charge on any atom is 0.204 e. The molecule has 1 rings (SSSR count). The van der Waals surface area contributed by atoms with E-state index in [-0.39, 0.29) is 0 Å². The van der Waals surface area contributed by atoms with E-state index in [1.807, 2.05) is 46.1 Å². The van der Waals surface area contributed by atoms with Crippen molar-refractivity contribution < 1.29 is 5.11 Å². The molecule has 1 aromatic rings. The first-order valence-corrected chi connectivity index (χ1v) is 6.54. The van der Waals surface area contributed by atoms with Gasteiger partial charge in [-0.1, -0.05) is 13.8 Å². The molecule has 5 nitrogen and oxygen atoms in total. The van der Waals surface area contributed by atoms with Gasteiger partial charge in [-0.2, -0.15) is 0 Å². The topological polar surface area (TPSA) is 53.3 Å². The van der Waals surface area contributed by atoms with Gasteiger partial charge in [0.15, 0.2) is 0 Å². The van der Waals surface area contributed by atoms with Crippen molar-refractivity contribution in [1.82, 2.24) is 14.9 Å². The van der Waals surface area contributed by atoms with Crippen molar-refractivity contribution in [3.8, 4) is 0 Å². The van der Waals surface area contributed by atoms with Crippen LogP contribution < -0.4 is 10.2 Å². The summed E-state index contributed by atoms with van der Waals surface area (Å²) in [6.07, 6.45) is 3.41. The molecule has 0 fully saturated rings. The van der Waals surface area contributed by atoms with Gasteiger partial charge in [0, 0.05) is 34.2 Å². The molecule has 0 aliphatic heterocycles. The molecule has 0 aromatic carbocycles. The average Bonchev–Trinajstić information content (AvgIpc) is 2.71. The zero-order valence-corrected chi connectivity index (χ0v) is 12.2. The molecule has 1 aromatic heterocycles. The number of imidazole rings is 1. The number of hydrogen-bond acceptors (Lipinski definition) is 4. The van der Waals surface area contributed by atoms with Crippen LogP contribution in [0, 0.1) is 0 Å². The van der Waals surface area contributed by atoms with Crippen LogP contribution in [0.4, 0.5) is 5.95 Å². The second-order valence-electron chi connectivity index (χ2n) is 5.04. The van der Waals surface area contributed by atoms with E-state index in [0.717, 1.165) is 31.0 Å². The first-order chi connectivity index (χ1) is 8.43. The van der Waals surface area contributed by atoms with Crippen molar-refractivity contribution >= 4 is 5.95 Å². The summed E-state index contributed by atoms with van der Waals surface area (Å²) in [6, 6.07) is 0. The van der Waals surface area contributed by atoms with E-state index < -0.39 is 5.60 Å². The lowest BCUT2D eigenvalue weighted by atomic mass is 9.98. The van der Waals surface area contributed by atoms with E-state index in [2.05, 4.69) is 14.9 Å². The molecule has 0 unspecified atom stereocenters. The Morgan fingerprint density at radius 1 is 1.39 bits per heavy atom. The number of anilines is 1. The van der Waals surface area contributed by atoms with E-state index in [1.54, 1.807) is 0 Å². The Kier molecular flexibility index (Phi) is 5.16. The van der Waals surface area contributed by atoms with E-state index in [0.29, 0.717) is 6.54 Å². The van der Waals surface area contributed by atoms with E-state index >= 15 is 0 Å². The van der Waals surface area contributed by atoms with Crippen LogP contribution in [0.15, 0.2) is 6.20 Å². The maximum absolute atomic E-state index is 10.2. The molecule has 1 heterocycles. The van der Waals surface area contributed by atoms with Gasteiger partial charge in [-0.05, 0) is 12.8 Å². The van der Waals surface area contributed by atoms with Crippen molar-refractivity contribution in [2.45, 2.75) is 38.8 Å². The third kappa shape index (κ3) is 3.46. The molecule has 0 radical (unpaired) electrons. The molecule has 104 valence electrons. The van der Waals surface area contributed by atoms with Gasteiger partial charge in [-0.15, -0.1) is 0 Å². The Hall–Kier alpha value is -1.07. The van der Waals surface area contributed by atoms with Crippen molar-refractivity contribution in [3.63, 3.8) is 0 Å². The summed E-state index contributed by atoms with van der Waals surface area (Å²) >= 11 is 0. The van der Waals surface area contributed by atoms with Gasteiger partial charge < -0.3 is 19.9 Å². The van der Waals surface area contributed by atoms with E-state index in [4.69, 9.17) is 0 Å². The number of nitrogens with zero attached hydrogens (tertiary/aromatic N) is 3. The lowest BCUT2D eigenvalue weighted by Gasteiger charge is -2.25. The van der Waals surface area contributed by atoms with Crippen molar-refractivity contribution in [1.29, 1.82) is 0 Å². The lowest BCUT2D eigenvalue weighted by molar-refractivity contribution is 0.0322. The van der Waals surface area contributed by atoms with Crippen LogP contribution in [-0.2, 0) is 13.6 Å². The van der Waals surface area contributed by atoms with Gasteiger partial charge in [-0.3, -0.25) is 0 Å². The van der Waals surface area contributed by atoms with Crippen LogP contribution in [0.3, 0.4) is 0 Å². The van der Waals surface area contributed by atoms with Crippen LogP contribution >= 0.6 is 0 Å². The van der Waals surface area contributed by atoms with Crippen LogP contribution in [-0.4, -0.2) is 40.9 Å². The van der Waals surface area contributed by atoms with Crippen molar-refractivity contribution in [2.75, 3.05) is 25.5 Å². The van der Waals surface area contributed by atoms with Crippen LogP contribution in [0.5, 0.6) is 0 Å². The summed E-state index contributed by atoms with van der Waals surface area (Å²) in [6.45, 7) is 5.36. The maximum atomic E-state index is 10.2. The molecule has 0 bridgehead atoms. The summed E-state index contributed by atoms with van der Waals surface area (Å²) < 4.78 is 2.06. The average molecular weight is 254 g/mol. The Labute approximate surface area is 110 Å². The van der Waals surface area contributed by atoms with Crippen LogP contribution in [0.25, 0.3) is 0 Å². The SMILES string of the molecule is CCC(O)(CC)CNCc1cnc(N(C)C)n1C. The van der Waals surface area contributed by atoms with Gasteiger partial charge in [0.2, 0.25) is 5.95 Å². The largest absolute Gasteiger partial charge is 0.389 e. The minimum absolute atomic E-state index is 0.594. The molecular formula is C13H26N4O. The third-order valence-electron chi connectivity index (χ3n) is 3.54. The number of nitrogens with one attached hydrogen (secondary N) is 1. The highest BCUT2D eigenvalue weighted by Gasteiger charge is 2.21. The van der Waals surface area contributed by atoms with Gasteiger partial charge >= 0.3 is 0 Å². The van der Waals surface area contributed by atoms with E-state index in [1.165, 1.54) is 0 Å². The Balaban J connectivity index is 2.54. The zero-order chi connectivity index (χ0) is 13.8. The first-order valence-electron chi connectivity index (χ1n) is 6.54. The zero-order valence-electron chi connectivity index (χ0n) is 12.2. The minimum atomic E-state index is -0.594. The van der Waals surface area contributed by atoms with Gasteiger partial charge in [0.05, 0.1) is 17.5 Å². The number of rotatable bonds is 7. The second-order valence-corrected chi connectivity index (χ2v) is 5.04. The van der Waals surface area contributed by atoms with Crippen molar-refractivity contribution in [3.05, 3.63) is 11.9 Å². The monoisotopic (exact) mass is 254 g/mol. The third-order valence-corrected chi connectivity index (χ3v) is 3.54. The highest BCUT2D eigenvalue weighted by atomic mass is 16.3.